The molecule has 0 saturated carbocycles. The molecule has 0 bridgehead atoms. The second-order valence-electron chi connectivity index (χ2n) is 4.42. The summed E-state index contributed by atoms with van der Waals surface area (Å²) in [4.78, 5) is 13.3. The first-order chi connectivity index (χ1) is 8.99. The van der Waals surface area contributed by atoms with Crippen molar-refractivity contribution in [2.24, 2.45) is 0 Å². The molecule has 0 unspecified atom stereocenters. The van der Waals surface area contributed by atoms with E-state index in [0.29, 0.717) is 12.2 Å². The number of carbonyl (C=O) groups is 1. The number of nitrogens with zero attached hydrogens (tertiary/aromatic N) is 1. The molecule has 19 heavy (non-hydrogen) atoms. The van der Waals surface area contributed by atoms with E-state index in [1.165, 1.54) is 0 Å². The van der Waals surface area contributed by atoms with Crippen LogP contribution in [0.1, 0.15) is 35.3 Å². The van der Waals surface area contributed by atoms with E-state index in [2.05, 4.69) is 51.0 Å². The molecule has 6 heteroatoms. The van der Waals surface area contributed by atoms with Gasteiger partial charge < -0.3 is 9.88 Å². The highest BCUT2D eigenvalue weighted by molar-refractivity contribution is 9.10. The number of aromatic nitrogens is 1. The Morgan fingerprint density at radius 3 is 2.79 bits per heavy atom. The van der Waals surface area contributed by atoms with E-state index in [1.54, 1.807) is 11.3 Å². The lowest BCUT2D eigenvalue weighted by Crippen LogP contribution is -2.25. The van der Waals surface area contributed by atoms with Gasteiger partial charge in [-0.2, -0.15) is 0 Å². The third kappa shape index (κ3) is 3.49. The molecule has 1 N–H and O–H groups in total. The van der Waals surface area contributed by atoms with Gasteiger partial charge in [-0.15, -0.1) is 11.3 Å². The van der Waals surface area contributed by atoms with Crippen LogP contribution in [-0.2, 0) is 6.54 Å². The first-order valence-corrected chi connectivity index (χ1v) is 8.33. The van der Waals surface area contributed by atoms with Gasteiger partial charge in [0.15, 0.2) is 0 Å². The number of hydrogen-bond donors (Lipinski definition) is 1. The van der Waals surface area contributed by atoms with Crippen LogP contribution in [0.15, 0.2) is 32.7 Å². The summed E-state index contributed by atoms with van der Waals surface area (Å²) >= 11 is 8.50. The smallest absolute Gasteiger partial charge is 0.268 e. The number of nitrogens with one attached hydrogen (secondary N) is 1. The highest BCUT2D eigenvalue weighted by Gasteiger charge is 2.15. The van der Waals surface area contributed by atoms with Crippen molar-refractivity contribution in [1.82, 2.24) is 9.88 Å². The third-order valence-electron chi connectivity index (χ3n) is 2.70. The zero-order valence-electron chi connectivity index (χ0n) is 10.6. The van der Waals surface area contributed by atoms with Gasteiger partial charge in [0.1, 0.15) is 5.69 Å². The van der Waals surface area contributed by atoms with Crippen LogP contribution in [0.3, 0.4) is 0 Å². The van der Waals surface area contributed by atoms with Crippen LogP contribution in [0.25, 0.3) is 0 Å². The number of carbonyl (C=O) groups excluding carboxylic acids is 1. The maximum absolute atomic E-state index is 12.2. The summed E-state index contributed by atoms with van der Waals surface area (Å²) < 4.78 is 3.92. The van der Waals surface area contributed by atoms with Crippen LogP contribution in [0.4, 0.5) is 0 Å². The topological polar surface area (TPSA) is 34.0 Å². The maximum atomic E-state index is 12.2. The van der Waals surface area contributed by atoms with Crippen molar-refractivity contribution in [3.05, 3.63) is 43.2 Å². The first kappa shape index (κ1) is 14.8. The Labute approximate surface area is 133 Å². The van der Waals surface area contributed by atoms with Crippen LogP contribution >= 0.6 is 43.2 Å². The number of amides is 1. The Morgan fingerprint density at radius 1 is 1.47 bits per heavy atom. The SMILES string of the molecule is CC(C)n1cc(Br)cc1C(=O)NCc1sccc1Br. The molecule has 0 aromatic carbocycles. The van der Waals surface area contributed by atoms with Crippen LogP contribution in [0, 0.1) is 0 Å². The van der Waals surface area contributed by atoms with Gasteiger partial charge >= 0.3 is 0 Å². The number of hydrogen-bond acceptors (Lipinski definition) is 2. The highest BCUT2D eigenvalue weighted by Crippen LogP contribution is 2.23. The zero-order valence-corrected chi connectivity index (χ0v) is 14.6. The fraction of sp³-hybridized carbons (Fsp3) is 0.308. The van der Waals surface area contributed by atoms with Crippen LogP contribution in [0.5, 0.6) is 0 Å². The van der Waals surface area contributed by atoms with E-state index in [4.69, 9.17) is 0 Å². The molecule has 0 atom stereocenters. The van der Waals surface area contributed by atoms with E-state index in [9.17, 15) is 4.79 Å². The van der Waals surface area contributed by atoms with E-state index in [-0.39, 0.29) is 11.9 Å². The highest BCUT2D eigenvalue weighted by atomic mass is 79.9. The molecule has 0 spiro atoms. The van der Waals surface area contributed by atoms with Crippen LogP contribution in [0.2, 0.25) is 0 Å². The third-order valence-corrected chi connectivity index (χ3v) is 5.06. The summed E-state index contributed by atoms with van der Waals surface area (Å²) in [6, 6.07) is 4.08. The first-order valence-electron chi connectivity index (χ1n) is 5.86. The Hall–Kier alpha value is -0.590. The molecule has 3 nitrogen and oxygen atoms in total. The van der Waals surface area contributed by atoms with Gasteiger partial charge in [-0.25, -0.2) is 0 Å². The molecule has 0 saturated heterocycles. The van der Waals surface area contributed by atoms with Crippen molar-refractivity contribution in [2.75, 3.05) is 0 Å². The van der Waals surface area contributed by atoms with Crippen molar-refractivity contribution in [3.63, 3.8) is 0 Å². The Morgan fingerprint density at radius 2 is 2.21 bits per heavy atom. The second kappa shape index (κ2) is 6.24. The van der Waals surface area contributed by atoms with Gasteiger partial charge in [0.25, 0.3) is 5.91 Å². The summed E-state index contributed by atoms with van der Waals surface area (Å²) in [7, 11) is 0. The van der Waals surface area contributed by atoms with Crippen LogP contribution in [-0.4, -0.2) is 10.5 Å². The molecule has 0 fully saturated rings. The van der Waals surface area contributed by atoms with Gasteiger partial charge in [-0.3, -0.25) is 4.79 Å². The maximum Gasteiger partial charge on any atom is 0.268 e. The molecule has 2 heterocycles. The summed E-state index contributed by atoms with van der Waals surface area (Å²) in [5.74, 6) is -0.0558. The Kier molecular flexibility index (Phi) is 4.86. The van der Waals surface area contributed by atoms with Crippen molar-refractivity contribution < 1.29 is 4.79 Å². The summed E-state index contributed by atoms with van der Waals surface area (Å²) in [6.45, 7) is 4.65. The van der Waals surface area contributed by atoms with E-state index >= 15 is 0 Å². The molecule has 2 aromatic heterocycles. The largest absolute Gasteiger partial charge is 0.346 e. The molecule has 2 rings (SSSR count). The average Bonchev–Trinajstić information content (AvgIpc) is 2.92. The zero-order chi connectivity index (χ0) is 14.0. The van der Waals surface area contributed by atoms with Gasteiger partial charge in [-0.1, -0.05) is 0 Å². The molecule has 0 radical (unpaired) electrons. The Bertz CT molecular complexity index is 589. The average molecular weight is 406 g/mol. The van der Waals surface area contributed by atoms with E-state index < -0.39 is 0 Å². The summed E-state index contributed by atoms with van der Waals surface area (Å²) in [5, 5.41) is 4.95. The molecule has 2 aromatic rings. The lowest BCUT2D eigenvalue weighted by atomic mass is 10.3. The van der Waals surface area contributed by atoms with Gasteiger partial charge in [-0.05, 0) is 63.2 Å². The molecule has 0 aliphatic carbocycles. The van der Waals surface area contributed by atoms with E-state index in [1.807, 2.05) is 28.3 Å². The molecule has 102 valence electrons. The predicted molar refractivity (Wildman–Crippen MR) is 85.7 cm³/mol. The monoisotopic (exact) mass is 404 g/mol. The van der Waals surface area contributed by atoms with Crippen molar-refractivity contribution in [2.45, 2.75) is 26.4 Å². The van der Waals surface area contributed by atoms with Gasteiger partial charge in [0, 0.05) is 26.1 Å². The standard InChI is InChI=1S/C13H14Br2N2OS/c1-8(2)17-7-9(14)5-11(17)13(18)16-6-12-10(15)3-4-19-12/h3-5,7-8H,6H2,1-2H3,(H,16,18). The fourth-order valence-electron chi connectivity index (χ4n) is 1.76. The number of thiophene rings is 1. The quantitative estimate of drug-likeness (QED) is 0.793. The number of rotatable bonds is 4. The molecule has 0 aliphatic heterocycles. The molecule has 1 amide bonds. The van der Waals surface area contributed by atoms with Crippen molar-refractivity contribution in [3.8, 4) is 0 Å². The predicted octanol–water partition coefficient (Wildman–Crippen LogP) is 4.59. The van der Waals surface area contributed by atoms with Crippen molar-refractivity contribution in [1.29, 1.82) is 0 Å². The lowest BCUT2D eigenvalue weighted by Gasteiger charge is -2.12. The Balaban J connectivity index is 2.10. The van der Waals surface area contributed by atoms with Gasteiger partial charge in [0.2, 0.25) is 0 Å². The van der Waals surface area contributed by atoms with Crippen molar-refractivity contribution >= 4 is 49.1 Å². The van der Waals surface area contributed by atoms with E-state index in [0.717, 1.165) is 13.8 Å². The minimum atomic E-state index is -0.0558. The lowest BCUT2D eigenvalue weighted by molar-refractivity contribution is 0.0940. The summed E-state index contributed by atoms with van der Waals surface area (Å²) in [5.41, 5.74) is 0.676. The molecular formula is C13H14Br2N2OS. The minimum Gasteiger partial charge on any atom is -0.346 e. The molecular weight excluding hydrogens is 392 g/mol. The van der Waals surface area contributed by atoms with Crippen LogP contribution < -0.4 is 5.32 Å². The summed E-state index contributed by atoms with van der Waals surface area (Å²) in [6.07, 6.45) is 1.93. The minimum absolute atomic E-state index is 0.0558. The second-order valence-corrected chi connectivity index (χ2v) is 7.19. The van der Waals surface area contributed by atoms with Gasteiger partial charge in [0.05, 0.1) is 6.54 Å². The fourth-order valence-corrected chi connectivity index (χ4v) is 3.63. The normalized spacial score (nSPS) is 11.0. The molecule has 0 aliphatic rings. The number of halogens is 2.